The van der Waals surface area contributed by atoms with Gasteiger partial charge in [0.25, 0.3) is 0 Å². The third-order valence-electron chi connectivity index (χ3n) is 8.83. The Morgan fingerprint density at radius 3 is 1.88 bits per heavy atom. The quantitative estimate of drug-likeness (QED) is 0.0236. The van der Waals surface area contributed by atoms with E-state index in [9.17, 15) is 28.5 Å². The van der Waals surface area contributed by atoms with Gasteiger partial charge in [-0.05, 0) is 44.9 Å². The predicted octanol–water partition coefficient (Wildman–Crippen LogP) is 6.90. The van der Waals surface area contributed by atoms with Gasteiger partial charge in [-0.1, -0.05) is 122 Å². The van der Waals surface area contributed by atoms with Crippen molar-refractivity contribution in [2.75, 3.05) is 26.4 Å². The van der Waals surface area contributed by atoms with Crippen LogP contribution in [0, 0.1) is 0 Å². The molecule has 4 N–H and O–H groups in total. The molecule has 0 aromatic heterocycles. The predicted molar refractivity (Wildman–Crippen MR) is 197 cm³/mol. The fraction of sp³-hybridized carbons (Fsp3) is 0.868. The molecule has 0 aliphatic carbocycles. The highest BCUT2D eigenvalue weighted by Gasteiger charge is 2.48. The van der Waals surface area contributed by atoms with Crippen LogP contribution in [0.15, 0.2) is 24.3 Å². The molecule has 51 heavy (non-hydrogen) atoms. The molecule has 0 radical (unpaired) electrons. The average molecular weight is 751 g/mol. The molecule has 1 rings (SSSR count). The number of carbonyl (C=O) groups is 1. The number of rotatable bonds is 33. The van der Waals surface area contributed by atoms with Crippen LogP contribution < -0.4 is 0 Å². The van der Waals surface area contributed by atoms with Crippen molar-refractivity contribution in [1.29, 1.82) is 0 Å². The van der Waals surface area contributed by atoms with Crippen LogP contribution in [0.2, 0.25) is 0 Å². The van der Waals surface area contributed by atoms with Crippen molar-refractivity contribution in [3.8, 4) is 0 Å². The number of hydrogen-bond acceptors (Lipinski definition) is 11. The summed E-state index contributed by atoms with van der Waals surface area (Å²) in [6, 6.07) is 0. The van der Waals surface area contributed by atoms with Gasteiger partial charge in [0, 0.05) is 13.0 Å². The number of ether oxygens (including phenoxy) is 4. The summed E-state index contributed by atoms with van der Waals surface area (Å²) in [5.74, 6) is -0.411. The van der Waals surface area contributed by atoms with Gasteiger partial charge in [-0.3, -0.25) is 9.35 Å². The zero-order chi connectivity index (χ0) is 37.6. The van der Waals surface area contributed by atoms with Crippen LogP contribution in [0.25, 0.3) is 0 Å². The molecule has 0 saturated carbocycles. The molecule has 6 unspecified atom stereocenters. The molecule has 0 bridgehead atoms. The zero-order valence-corrected chi connectivity index (χ0v) is 32.2. The largest absolute Gasteiger partial charge is 0.457 e. The molecule has 0 aromatic rings. The van der Waals surface area contributed by atoms with Gasteiger partial charge in [-0.15, -0.1) is 0 Å². The Morgan fingerprint density at radius 2 is 1.29 bits per heavy atom. The molecular formula is C38H70O12S. The first-order valence-corrected chi connectivity index (χ1v) is 21.0. The van der Waals surface area contributed by atoms with E-state index >= 15 is 0 Å². The topological polar surface area (TPSA) is 178 Å². The monoisotopic (exact) mass is 750 g/mol. The van der Waals surface area contributed by atoms with Crippen molar-refractivity contribution in [2.24, 2.45) is 0 Å². The molecular weight excluding hydrogens is 680 g/mol. The second-order valence-electron chi connectivity index (χ2n) is 13.5. The summed E-state index contributed by atoms with van der Waals surface area (Å²) in [6.45, 7) is 3.88. The van der Waals surface area contributed by atoms with Crippen LogP contribution in [0.1, 0.15) is 149 Å². The van der Waals surface area contributed by atoms with Gasteiger partial charge < -0.3 is 34.3 Å². The lowest BCUT2D eigenvalue weighted by atomic mass is 9.99. The van der Waals surface area contributed by atoms with Crippen molar-refractivity contribution >= 4 is 16.4 Å². The van der Waals surface area contributed by atoms with Gasteiger partial charge in [-0.2, -0.15) is 8.42 Å². The first-order valence-electron chi connectivity index (χ1n) is 19.6. The minimum absolute atomic E-state index is 0.0333. The maximum Gasteiger partial charge on any atom is 0.397 e. The van der Waals surface area contributed by atoms with Crippen molar-refractivity contribution < 1.29 is 56.2 Å². The van der Waals surface area contributed by atoms with Crippen LogP contribution in [0.5, 0.6) is 0 Å². The lowest BCUT2D eigenvalue weighted by Gasteiger charge is -2.41. The number of carbonyl (C=O) groups excluding carboxylic acids is 1. The summed E-state index contributed by atoms with van der Waals surface area (Å²) in [5.41, 5.74) is 0. The second-order valence-corrected chi connectivity index (χ2v) is 14.6. The highest BCUT2D eigenvalue weighted by atomic mass is 32.3. The molecule has 12 nitrogen and oxygen atoms in total. The number of unbranched alkanes of at least 4 members (excludes halogenated alkanes) is 16. The first-order chi connectivity index (χ1) is 24.6. The van der Waals surface area contributed by atoms with Crippen LogP contribution >= 0.6 is 0 Å². The van der Waals surface area contributed by atoms with Gasteiger partial charge in [-0.25, -0.2) is 4.18 Å². The number of aliphatic hydroxyl groups is 3. The molecule has 13 heteroatoms. The third kappa shape index (κ3) is 25.3. The molecule has 300 valence electrons. The second kappa shape index (κ2) is 31.0. The van der Waals surface area contributed by atoms with E-state index in [0.717, 1.165) is 51.4 Å². The maximum atomic E-state index is 12.7. The fourth-order valence-electron chi connectivity index (χ4n) is 5.82. The highest BCUT2D eigenvalue weighted by Crippen LogP contribution is 2.26. The normalized spacial score (nSPS) is 21.9. The molecule has 6 atom stereocenters. The number of aliphatic hydroxyl groups excluding tert-OH is 3. The van der Waals surface area contributed by atoms with Crippen molar-refractivity contribution in [3.63, 3.8) is 0 Å². The van der Waals surface area contributed by atoms with Gasteiger partial charge in [0.1, 0.15) is 30.5 Å². The molecule has 1 fully saturated rings. The number of allylic oxidation sites excluding steroid dienone is 4. The molecule has 0 aromatic carbocycles. The SMILES string of the molecule is CCCCCC/C=C\C/C=C\CCCCCCCCCC(=O)OC(COCCCCCCCC)COC1OC(CO)C(O)C(OS(=O)(=O)O)C1O. The van der Waals surface area contributed by atoms with E-state index in [1.165, 1.54) is 70.6 Å². The fourth-order valence-corrected chi connectivity index (χ4v) is 6.33. The van der Waals surface area contributed by atoms with Gasteiger partial charge in [0.05, 0.1) is 19.8 Å². The lowest BCUT2D eigenvalue weighted by Crippen LogP contribution is -2.60. The molecule has 1 aliphatic rings. The van der Waals surface area contributed by atoms with E-state index in [-0.39, 0.29) is 19.6 Å². The van der Waals surface area contributed by atoms with E-state index in [0.29, 0.717) is 13.0 Å². The summed E-state index contributed by atoms with van der Waals surface area (Å²) < 4.78 is 58.5. The average Bonchev–Trinajstić information content (AvgIpc) is 3.09. The highest BCUT2D eigenvalue weighted by molar-refractivity contribution is 7.80. The minimum atomic E-state index is -5.05. The number of esters is 1. The van der Waals surface area contributed by atoms with E-state index in [2.05, 4.69) is 42.3 Å². The third-order valence-corrected chi connectivity index (χ3v) is 9.29. The van der Waals surface area contributed by atoms with Crippen molar-refractivity contribution in [1.82, 2.24) is 0 Å². The molecule has 1 heterocycles. The van der Waals surface area contributed by atoms with Crippen LogP contribution in [-0.2, 0) is 38.3 Å². The van der Waals surface area contributed by atoms with Gasteiger partial charge in [0.15, 0.2) is 6.29 Å². The van der Waals surface area contributed by atoms with E-state index in [1.807, 2.05) is 0 Å². The Labute approximate surface area is 308 Å². The summed E-state index contributed by atoms with van der Waals surface area (Å²) in [7, 11) is -5.05. The van der Waals surface area contributed by atoms with Crippen LogP contribution in [-0.4, -0.2) is 97.5 Å². The number of hydrogen-bond donors (Lipinski definition) is 4. The Kier molecular flexibility index (Phi) is 28.9. The van der Waals surface area contributed by atoms with Crippen molar-refractivity contribution in [3.05, 3.63) is 24.3 Å². The molecule has 0 spiro atoms. The first kappa shape index (κ1) is 47.6. The van der Waals surface area contributed by atoms with E-state index in [1.54, 1.807) is 0 Å². The standard InChI is InChI=1S/C38H70O12S/c1-3-5-7-9-11-12-13-14-15-16-17-18-19-20-21-22-23-25-27-34(40)48-32(30-46-28-26-24-10-8-6-4-2)31-47-38-36(42)37(50-51(43,44)45)35(41)33(29-39)49-38/h12-13,15-16,32-33,35-39,41-42H,3-11,14,17-31H2,1-2H3,(H,43,44,45)/b13-12-,16-15-. The minimum Gasteiger partial charge on any atom is -0.457 e. The van der Waals surface area contributed by atoms with Gasteiger partial charge in [0.2, 0.25) is 0 Å². The van der Waals surface area contributed by atoms with E-state index < -0.39 is 59.8 Å². The molecule has 1 saturated heterocycles. The summed E-state index contributed by atoms with van der Waals surface area (Å²) in [6.07, 6.45) is 22.5. The Balaban J connectivity index is 2.41. The lowest BCUT2D eigenvalue weighted by molar-refractivity contribution is -0.301. The van der Waals surface area contributed by atoms with Crippen LogP contribution in [0.4, 0.5) is 0 Å². The van der Waals surface area contributed by atoms with E-state index in [4.69, 9.17) is 23.5 Å². The summed E-state index contributed by atoms with van der Waals surface area (Å²) >= 11 is 0. The molecule has 0 amide bonds. The van der Waals surface area contributed by atoms with Crippen molar-refractivity contribution in [2.45, 2.75) is 185 Å². The van der Waals surface area contributed by atoms with Crippen LogP contribution in [0.3, 0.4) is 0 Å². The Morgan fingerprint density at radius 1 is 0.745 bits per heavy atom. The Hall–Kier alpha value is -1.42. The van der Waals surface area contributed by atoms with Gasteiger partial charge >= 0.3 is 16.4 Å². The summed E-state index contributed by atoms with van der Waals surface area (Å²) in [5, 5.41) is 30.4. The maximum absolute atomic E-state index is 12.7. The summed E-state index contributed by atoms with van der Waals surface area (Å²) in [4.78, 5) is 12.7. The molecule has 1 aliphatic heterocycles. The smallest absolute Gasteiger partial charge is 0.397 e. The Bertz CT molecular complexity index is 1000. The zero-order valence-electron chi connectivity index (χ0n) is 31.4.